The van der Waals surface area contributed by atoms with E-state index >= 15 is 0 Å². The van der Waals surface area contributed by atoms with Crippen molar-refractivity contribution in [3.8, 4) is 0 Å². The maximum Gasteiger partial charge on any atom is 0.313 e. The van der Waals surface area contributed by atoms with Gasteiger partial charge in [-0.2, -0.15) is 0 Å². The van der Waals surface area contributed by atoms with E-state index in [2.05, 4.69) is 22.4 Å². The van der Waals surface area contributed by atoms with Gasteiger partial charge in [0.25, 0.3) is 0 Å². The summed E-state index contributed by atoms with van der Waals surface area (Å²) in [5.74, 6) is -0.234. The number of rotatable bonds is 6. The summed E-state index contributed by atoms with van der Waals surface area (Å²) in [4.78, 5) is 10.5. The lowest BCUT2D eigenvalue weighted by molar-refractivity contribution is -0.133. The average molecular weight is 303 g/mol. The average Bonchev–Trinajstić information content (AvgIpc) is 2.85. The van der Waals surface area contributed by atoms with E-state index in [9.17, 15) is 4.79 Å². The van der Waals surface area contributed by atoms with Gasteiger partial charge in [0.05, 0.1) is 5.75 Å². The summed E-state index contributed by atoms with van der Waals surface area (Å²) in [7, 11) is 0. The van der Waals surface area contributed by atoms with Gasteiger partial charge in [0, 0.05) is 19.3 Å². The first-order valence-electron chi connectivity index (χ1n) is 6.17. The third kappa shape index (κ3) is 4.63. The van der Waals surface area contributed by atoms with Gasteiger partial charge in [-0.3, -0.25) is 4.79 Å². The van der Waals surface area contributed by atoms with Gasteiger partial charge < -0.3 is 15.2 Å². The van der Waals surface area contributed by atoms with Crippen LogP contribution in [-0.4, -0.2) is 46.3 Å². The van der Waals surface area contributed by atoms with Gasteiger partial charge in [0.15, 0.2) is 4.34 Å². The maximum absolute atomic E-state index is 10.5. The van der Waals surface area contributed by atoms with E-state index in [1.54, 1.807) is 0 Å². The molecule has 106 valence electrons. The Morgan fingerprint density at radius 3 is 3.00 bits per heavy atom. The van der Waals surface area contributed by atoms with Gasteiger partial charge in [-0.15, -0.1) is 10.2 Å². The number of aromatic nitrogens is 2. The standard InChI is InChI=1S/C11H17N3O3S2/c1-7(8-2-4-17-5-3-8)12-10-13-14-11(19-10)18-6-9(15)16/h7-8H,2-6H2,1H3,(H,12,13)(H,15,16). The number of anilines is 1. The van der Waals surface area contributed by atoms with Crippen molar-refractivity contribution in [2.24, 2.45) is 5.92 Å². The molecule has 0 saturated carbocycles. The van der Waals surface area contributed by atoms with Gasteiger partial charge in [-0.05, 0) is 25.7 Å². The van der Waals surface area contributed by atoms with E-state index in [-0.39, 0.29) is 5.75 Å². The van der Waals surface area contributed by atoms with E-state index in [1.807, 2.05) is 0 Å². The molecule has 0 aromatic carbocycles. The lowest BCUT2D eigenvalue weighted by Gasteiger charge is -2.27. The summed E-state index contributed by atoms with van der Waals surface area (Å²) in [6.07, 6.45) is 2.13. The maximum atomic E-state index is 10.5. The van der Waals surface area contributed by atoms with Crippen LogP contribution >= 0.6 is 23.1 Å². The predicted octanol–water partition coefficient (Wildman–Crippen LogP) is 1.94. The number of hydrogen-bond acceptors (Lipinski definition) is 7. The van der Waals surface area contributed by atoms with Crippen LogP contribution in [0.4, 0.5) is 5.13 Å². The largest absolute Gasteiger partial charge is 0.481 e. The van der Waals surface area contributed by atoms with Crippen molar-refractivity contribution in [3.63, 3.8) is 0 Å². The van der Waals surface area contributed by atoms with Crippen molar-refractivity contribution >= 4 is 34.2 Å². The molecule has 2 N–H and O–H groups in total. The Balaban J connectivity index is 1.83. The molecular weight excluding hydrogens is 286 g/mol. The molecule has 0 bridgehead atoms. The second-order valence-corrected chi connectivity index (χ2v) is 6.64. The quantitative estimate of drug-likeness (QED) is 0.777. The van der Waals surface area contributed by atoms with Crippen LogP contribution in [-0.2, 0) is 9.53 Å². The Kier molecular flexibility index (Phi) is 5.41. The lowest BCUT2D eigenvalue weighted by Crippen LogP contribution is -2.30. The highest BCUT2D eigenvalue weighted by Gasteiger charge is 2.21. The number of hydrogen-bond donors (Lipinski definition) is 2. The molecule has 1 aromatic heterocycles. The van der Waals surface area contributed by atoms with Gasteiger partial charge in [-0.25, -0.2) is 0 Å². The zero-order valence-electron chi connectivity index (χ0n) is 10.7. The molecule has 1 fully saturated rings. The molecule has 1 saturated heterocycles. The van der Waals surface area contributed by atoms with Crippen LogP contribution in [0.5, 0.6) is 0 Å². The summed E-state index contributed by atoms with van der Waals surface area (Å²) < 4.78 is 6.03. The molecule has 0 aliphatic carbocycles. The molecule has 0 amide bonds. The van der Waals surface area contributed by atoms with Crippen LogP contribution in [0, 0.1) is 5.92 Å². The summed E-state index contributed by atoms with van der Waals surface area (Å²) >= 11 is 2.60. The molecule has 0 spiro atoms. The number of nitrogens with one attached hydrogen (secondary N) is 1. The third-order valence-electron chi connectivity index (χ3n) is 3.05. The van der Waals surface area contributed by atoms with Crippen LogP contribution in [0.3, 0.4) is 0 Å². The second kappa shape index (κ2) is 7.06. The Morgan fingerprint density at radius 1 is 1.58 bits per heavy atom. The monoisotopic (exact) mass is 303 g/mol. The zero-order chi connectivity index (χ0) is 13.7. The summed E-state index contributed by atoms with van der Waals surface area (Å²) in [6.45, 7) is 3.79. The molecule has 19 heavy (non-hydrogen) atoms. The highest BCUT2D eigenvalue weighted by Crippen LogP contribution is 2.27. The van der Waals surface area contributed by atoms with E-state index in [0.717, 1.165) is 31.2 Å². The number of carboxylic acid groups (broad SMARTS) is 1. The molecule has 2 rings (SSSR count). The Hall–Kier alpha value is -0.860. The van der Waals surface area contributed by atoms with Crippen LogP contribution in [0.25, 0.3) is 0 Å². The molecule has 8 heteroatoms. The molecule has 6 nitrogen and oxygen atoms in total. The number of aliphatic carboxylic acids is 1. The minimum Gasteiger partial charge on any atom is -0.481 e. The highest BCUT2D eigenvalue weighted by atomic mass is 32.2. The third-order valence-corrected chi connectivity index (χ3v) is 5.02. The van der Waals surface area contributed by atoms with E-state index in [1.165, 1.54) is 23.1 Å². The molecule has 2 heterocycles. The molecule has 1 aliphatic heterocycles. The minimum atomic E-state index is -0.842. The number of nitrogens with zero attached hydrogens (tertiary/aromatic N) is 2. The fourth-order valence-corrected chi connectivity index (χ4v) is 3.55. The Bertz CT molecular complexity index is 421. The second-order valence-electron chi connectivity index (χ2n) is 4.44. The van der Waals surface area contributed by atoms with Crippen molar-refractivity contribution in [3.05, 3.63) is 0 Å². The zero-order valence-corrected chi connectivity index (χ0v) is 12.3. The van der Waals surface area contributed by atoms with E-state index in [0.29, 0.717) is 16.3 Å². The topological polar surface area (TPSA) is 84.3 Å². The van der Waals surface area contributed by atoms with Crippen LogP contribution in [0.15, 0.2) is 4.34 Å². The van der Waals surface area contributed by atoms with Crippen LogP contribution in [0.2, 0.25) is 0 Å². The fourth-order valence-electron chi connectivity index (χ4n) is 1.98. The molecule has 1 aliphatic rings. The number of ether oxygens (including phenoxy) is 1. The van der Waals surface area contributed by atoms with Crippen molar-refractivity contribution in [2.45, 2.75) is 30.1 Å². The summed E-state index contributed by atoms with van der Waals surface area (Å²) in [6, 6.07) is 0.328. The first kappa shape index (κ1) is 14.5. The first-order chi connectivity index (χ1) is 9.15. The smallest absolute Gasteiger partial charge is 0.313 e. The van der Waals surface area contributed by atoms with Gasteiger partial charge in [-0.1, -0.05) is 23.1 Å². The van der Waals surface area contributed by atoms with Crippen LogP contribution in [0.1, 0.15) is 19.8 Å². The lowest BCUT2D eigenvalue weighted by atomic mass is 9.93. The Labute approximate surface area is 120 Å². The van der Waals surface area contributed by atoms with E-state index in [4.69, 9.17) is 9.84 Å². The predicted molar refractivity (Wildman–Crippen MR) is 74.9 cm³/mol. The van der Waals surface area contributed by atoms with E-state index < -0.39 is 5.97 Å². The summed E-state index contributed by atoms with van der Waals surface area (Å²) in [5.41, 5.74) is 0. The summed E-state index contributed by atoms with van der Waals surface area (Å²) in [5, 5.41) is 20.7. The molecule has 1 unspecified atom stereocenters. The SMILES string of the molecule is CC(Nc1nnc(SCC(=O)O)s1)C1CCOCC1. The number of thioether (sulfide) groups is 1. The minimum absolute atomic E-state index is 0.0180. The number of carbonyl (C=O) groups is 1. The molecule has 1 atom stereocenters. The molecule has 0 radical (unpaired) electrons. The van der Waals surface area contributed by atoms with Crippen molar-refractivity contribution in [2.75, 3.05) is 24.3 Å². The van der Waals surface area contributed by atoms with Gasteiger partial charge >= 0.3 is 5.97 Å². The van der Waals surface area contributed by atoms with Crippen molar-refractivity contribution in [1.29, 1.82) is 0 Å². The van der Waals surface area contributed by atoms with Crippen LogP contribution < -0.4 is 5.32 Å². The number of carboxylic acids is 1. The van der Waals surface area contributed by atoms with Crippen molar-refractivity contribution in [1.82, 2.24) is 10.2 Å². The fraction of sp³-hybridized carbons (Fsp3) is 0.727. The van der Waals surface area contributed by atoms with Crippen molar-refractivity contribution < 1.29 is 14.6 Å². The molecule has 1 aromatic rings. The Morgan fingerprint density at radius 2 is 2.32 bits per heavy atom. The highest BCUT2D eigenvalue weighted by molar-refractivity contribution is 8.01. The molecular formula is C11H17N3O3S2. The first-order valence-corrected chi connectivity index (χ1v) is 7.97. The normalized spacial score (nSPS) is 18.2. The van der Waals surface area contributed by atoms with Gasteiger partial charge in [0.1, 0.15) is 0 Å². The van der Waals surface area contributed by atoms with Gasteiger partial charge in [0.2, 0.25) is 5.13 Å².